The minimum atomic E-state index is -0.366. The topological polar surface area (TPSA) is 88.8 Å². The number of aromatic amines is 1. The summed E-state index contributed by atoms with van der Waals surface area (Å²) in [6.45, 7) is 0. The average molecular weight is 410 g/mol. The van der Waals surface area contributed by atoms with Crippen LogP contribution in [0.5, 0.6) is 0 Å². The van der Waals surface area contributed by atoms with Gasteiger partial charge in [-0.25, -0.2) is 4.98 Å². The van der Waals surface area contributed by atoms with E-state index in [1.165, 1.54) is 23.1 Å². The second-order valence-corrected chi connectivity index (χ2v) is 7.63. The molecule has 0 saturated heterocycles. The van der Waals surface area contributed by atoms with Gasteiger partial charge in [-0.3, -0.25) is 9.59 Å². The molecule has 2 aromatic heterocycles. The number of nitrogens with one attached hydrogen (secondary N) is 1. The van der Waals surface area contributed by atoms with Crippen LogP contribution in [0.3, 0.4) is 0 Å². The number of amides is 1. The number of H-pyrrole nitrogens is 1. The number of nitrogens with zero attached hydrogens (tertiary/aromatic N) is 1. The van der Waals surface area contributed by atoms with Gasteiger partial charge in [0.15, 0.2) is 5.16 Å². The zero-order chi connectivity index (χ0) is 16.4. The van der Waals surface area contributed by atoms with Crippen LogP contribution >= 0.6 is 39.0 Å². The highest BCUT2D eigenvalue weighted by Crippen LogP contribution is 2.32. The van der Waals surface area contributed by atoms with E-state index in [0.717, 1.165) is 15.6 Å². The monoisotopic (exact) mass is 409 g/mol. The average Bonchev–Trinajstić information content (AvgIpc) is 2.92. The highest BCUT2D eigenvalue weighted by molar-refractivity contribution is 9.10. The predicted molar refractivity (Wildman–Crippen MR) is 97.9 cm³/mol. The molecule has 0 atom stereocenters. The summed E-state index contributed by atoms with van der Waals surface area (Å²) in [5.74, 6) is 0.129. The summed E-state index contributed by atoms with van der Waals surface area (Å²) in [6, 6.07) is 7.80. The predicted octanol–water partition coefficient (Wildman–Crippen LogP) is 3.38. The maximum absolute atomic E-state index is 12.4. The summed E-state index contributed by atoms with van der Waals surface area (Å²) in [4.78, 5) is 31.1. The second kappa shape index (κ2) is 6.86. The van der Waals surface area contributed by atoms with E-state index < -0.39 is 0 Å². The lowest BCUT2D eigenvalue weighted by atomic mass is 10.1. The molecule has 0 fully saturated rings. The number of hydrogen-bond acceptors (Lipinski definition) is 5. The molecular weight excluding hydrogens is 398 g/mol. The van der Waals surface area contributed by atoms with Crippen LogP contribution in [0, 0.1) is 0 Å². The van der Waals surface area contributed by atoms with Gasteiger partial charge < -0.3 is 10.7 Å². The number of hydrogen-bond donors (Lipinski definition) is 2. The molecule has 0 radical (unpaired) electrons. The summed E-state index contributed by atoms with van der Waals surface area (Å²) in [7, 11) is 0. The molecule has 118 valence electrons. The van der Waals surface area contributed by atoms with Gasteiger partial charge in [-0.05, 0) is 17.7 Å². The van der Waals surface area contributed by atoms with Crippen LogP contribution < -0.4 is 11.3 Å². The van der Waals surface area contributed by atoms with Gasteiger partial charge in [0.1, 0.15) is 4.83 Å². The van der Waals surface area contributed by atoms with Gasteiger partial charge in [-0.2, -0.15) is 0 Å². The number of carbonyl (C=O) groups excluding carboxylic acids is 1. The number of fused-ring (bicyclic) bond motifs is 1. The van der Waals surface area contributed by atoms with Crippen molar-refractivity contribution in [1.29, 1.82) is 0 Å². The maximum Gasteiger partial charge on any atom is 0.260 e. The Morgan fingerprint density at radius 3 is 2.78 bits per heavy atom. The molecular formula is C15H12BrN3O2S2. The first-order chi connectivity index (χ1) is 11.0. The lowest BCUT2D eigenvalue weighted by Gasteiger charge is -2.02. The quantitative estimate of drug-likeness (QED) is 0.499. The van der Waals surface area contributed by atoms with Gasteiger partial charge in [0, 0.05) is 27.6 Å². The Kier molecular flexibility index (Phi) is 4.84. The third kappa shape index (κ3) is 3.65. The number of nitrogens with two attached hydrogens (primary N) is 1. The van der Waals surface area contributed by atoms with E-state index in [2.05, 4.69) is 25.9 Å². The van der Waals surface area contributed by atoms with E-state index in [1.807, 2.05) is 29.6 Å². The molecule has 0 spiro atoms. The standard InChI is InChI=1S/C15H12BrN3O2S2/c16-9-3-1-8(2-4-9)10-7-23-14-12(10)13(21)18-15(19-14)22-6-5-11(17)20/h1-4,7H,5-6H2,(H2,17,20)(H,18,19,21). The van der Waals surface area contributed by atoms with Crippen molar-refractivity contribution in [3.63, 3.8) is 0 Å². The van der Waals surface area contributed by atoms with Crippen molar-refractivity contribution in [3.05, 3.63) is 44.5 Å². The molecule has 23 heavy (non-hydrogen) atoms. The van der Waals surface area contributed by atoms with E-state index in [4.69, 9.17) is 5.73 Å². The molecule has 0 unspecified atom stereocenters. The Labute approximate surface area is 148 Å². The molecule has 1 amide bonds. The fraction of sp³-hybridized carbons (Fsp3) is 0.133. The van der Waals surface area contributed by atoms with E-state index in [9.17, 15) is 9.59 Å². The third-order valence-electron chi connectivity index (χ3n) is 3.16. The van der Waals surface area contributed by atoms with Gasteiger partial charge in [0.05, 0.1) is 5.39 Å². The van der Waals surface area contributed by atoms with Gasteiger partial charge in [-0.15, -0.1) is 11.3 Å². The van der Waals surface area contributed by atoms with Crippen molar-refractivity contribution in [2.75, 3.05) is 5.75 Å². The summed E-state index contributed by atoms with van der Waals surface area (Å²) in [6.07, 6.45) is 0.251. The van der Waals surface area contributed by atoms with E-state index in [1.54, 1.807) is 0 Å². The number of thioether (sulfide) groups is 1. The highest BCUT2D eigenvalue weighted by Gasteiger charge is 2.13. The zero-order valence-corrected chi connectivity index (χ0v) is 15.1. The maximum atomic E-state index is 12.4. The number of carbonyl (C=O) groups is 1. The Morgan fingerprint density at radius 2 is 2.09 bits per heavy atom. The van der Waals surface area contributed by atoms with Crippen LogP contribution in [0.25, 0.3) is 21.3 Å². The normalized spacial score (nSPS) is 11.0. The Bertz CT molecular complexity index is 919. The van der Waals surface area contributed by atoms with Crippen LogP contribution in [0.4, 0.5) is 0 Å². The smallest absolute Gasteiger partial charge is 0.260 e. The van der Waals surface area contributed by atoms with Crippen LogP contribution in [-0.2, 0) is 4.79 Å². The van der Waals surface area contributed by atoms with Crippen molar-refractivity contribution in [3.8, 4) is 11.1 Å². The van der Waals surface area contributed by atoms with Crippen molar-refractivity contribution < 1.29 is 4.79 Å². The number of primary amides is 1. The third-order valence-corrected chi connectivity index (χ3v) is 5.44. The van der Waals surface area contributed by atoms with Crippen molar-refractivity contribution >= 4 is 55.2 Å². The number of benzene rings is 1. The van der Waals surface area contributed by atoms with Gasteiger partial charge in [0.2, 0.25) is 5.91 Å². The molecule has 0 aliphatic heterocycles. The van der Waals surface area contributed by atoms with Crippen molar-refractivity contribution in [2.24, 2.45) is 5.73 Å². The second-order valence-electron chi connectivity index (χ2n) is 4.77. The van der Waals surface area contributed by atoms with Crippen molar-refractivity contribution in [1.82, 2.24) is 9.97 Å². The first-order valence-corrected chi connectivity index (χ1v) is 9.39. The minimum absolute atomic E-state index is 0.171. The molecule has 0 bridgehead atoms. The molecule has 3 N–H and O–H groups in total. The van der Waals surface area contributed by atoms with Crippen LogP contribution in [0.1, 0.15) is 6.42 Å². The lowest BCUT2D eigenvalue weighted by molar-refractivity contribution is -0.117. The minimum Gasteiger partial charge on any atom is -0.370 e. The van der Waals surface area contributed by atoms with Gasteiger partial charge in [0.25, 0.3) is 5.56 Å². The zero-order valence-electron chi connectivity index (χ0n) is 11.8. The Morgan fingerprint density at radius 1 is 1.35 bits per heavy atom. The molecule has 3 rings (SSSR count). The molecule has 1 aromatic carbocycles. The molecule has 8 heteroatoms. The van der Waals surface area contributed by atoms with Gasteiger partial charge >= 0.3 is 0 Å². The molecule has 3 aromatic rings. The van der Waals surface area contributed by atoms with Crippen molar-refractivity contribution in [2.45, 2.75) is 11.6 Å². The fourth-order valence-electron chi connectivity index (χ4n) is 2.09. The highest BCUT2D eigenvalue weighted by atomic mass is 79.9. The number of aromatic nitrogens is 2. The lowest BCUT2D eigenvalue weighted by Crippen LogP contribution is -2.12. The van der Waals surface area contributed by atoms with Crippen LogP contribution in [-0.4, -0.2) is 21.6 Å². The Balaban J connectivity index is 1.96. The SMILES string of the molecule is NC(=O)CCSc1nc2scc(-c3ccc(Br)cc3)c2c(=O)[nH]1. The number of rotatable bonds is 5. The number of halogens is 1. The van der Waals surface area contributed by atoms with E-state index >= 15 is 0 Å². The van der Waals surface area contributed by atoms with E-state index in [0.29, 0.717) is 21.1 Å². The van der Waals surface area contributed by atoms with Crippen LogP contribution in [0.2, 0.25) is 0 Å². The number of thiophene rings is 1. The Hall–Kier alpha value is -1.64. The summed E-state index contributed by atoms with van der Waals surface area (Å²) >= 11 is 6.15. The van der Waals surface area contributed by atoms with Crippen LogP contribution in [0.15, 0.2) is 44.1 Å². The first-order valence-electron chi connectivity index (χ1n) is 6.73. The molecule has 0 aliphatic rings. The summed E-state index contributed by atoms with van der Waals surface area (Å²) in [5, 5.41) is 3.04. The fourth-order valence-corrected chi connectivity index (χ4v) is 4.18. The summed E-state index contributed by atoms with van der Waals surface area (Å²) in [5.41, 5.74) is 6.79. The molecule has 0 aliphatic carbocycles. The molecule has 5 nitrogen and oxygen atoms in total. The largest absolute Gasteiger partial charge is 0.370 e. The van der Waals surface area contributed by atoms with E-state index in [-0.39, 0.29) is 17.9 Å². The molecule has 2 heterocycles. The summed E-state index contributed by atoms with van der Waals surface area (Å²) < 4.78 is 0.987. The molecule has 0 saturated carbocycles. The first kappa shape index (κ1) is 16.2. The van der Waals surface area contributed by atoms with Gasteiger partial charge in [-0.1, -0.05) is 39.8 Å².